The van der Waals surface area contributed by atoms with Crippen molar-refractivity contribution in [3.8, 4) is 0 Å². The topological polar surface area (TPSA) is 29.5 Å². The number of hydrogen-bond donors (Lipinski definition) is 1. The van der Waals surface area contributed by atoms with Crippen LogP contribution < -0.4 is 0 Å². The van der Waals surface area contributed by atoms with E-state index in [0.29, 0.717) is 17.4 Å². The average Bonchev–Trinajstić information content (AvgIpc) is 2.52. The largest absolute Gasteiger partial charge is 0.393 e. The normalized spacial score (nSPS) is 35.3. The van der Waals surface area contributed by atoms with Gasteiger partial charge in [0.05, 0.1) is 12.2 Å². The Bertz CT molecular complexity index is 304. The molecule has 2 nitrogen and oxygen atoms in total. The van der Waals surface area contributed by atoms with Crippen LogP contribution in [-0.4, -0.2) is 24.4 Å². The summed E-state index contributed by atoms with van der Waals surface area (Å²) in [7, 11) is 1.81. The summed E-state index contributed by atoms with van der Waals surface area (Å²) in [6.45, 7) is 7.16. The second kappa shape index (κ2) is 8.15. The molecule has 1 unspecified atom stereocenters. The van der Waals surface area contributed by atoms with E-state index in [1.807, 2.05) is 7.11 Å². The first-order chi connectivity index (χ1) is 10.4. The molecule has 1 atom stereocenters. The molecule has 2 heteroatoms. The quantitative estimate of drug-likeness (QED) is 0.757. The first-order valence-corrected chi connectivity index (χ1v) is 9.61. The lowest BCUT2D eigenvalue weighted by atomic mass is 9.69. The van der Waals surface area contributed by atoms with Gasteiger partial charge in [-0.15, -0.1) is 0 Å². The van der Waals surface area contributed by atoms with Crippen molar-refractivity contribution < 1.29 is 9.84 Å². The molecule has 0 aromatic rings. The van der Waals surface area contributed by atoms with E-state index in [0.717, 1.165) is 43.9 Å². The Morgan fingerprint density at radius 1 is 0.955 bits per heavy atom. The zero-order valence-corrected chi connectivity index (χ0v) is 15.3. The summed E-state index contributed by atoms with van der Waals surface area (Å²) in [5.74, 6) is 2.29. The van der Waals surface area contributed by atoms with Gasteiger partial charge in [0.1, 0.15) is 0 Å². The molecule has 2 aliphatic rings. The van der Waals surface area contributed by atoms with Gasteiger partial charge < -0.3 is 9.84 Å². The third-order valence-electron chi connectivity index (χ3n) is 6.54. The molecule has 0 bridgehead atoms. The highest BCUT2D eigenvalue weighted by Crippen LogP contribution is 2.41. The molecule has 2 rings (SSSR count). The van der Waals surface area contributed by atoms with Crippen LogP contribution in [0.2, 0.25) is 0 Å². The number of rotatable bonds is 5. The summed E-state index contributed by atoms with van der Waals surface area (Å²) in [5.41, 5.74) is 0.477. The summed E-state index contributed by atoms with van der Waals surface area (Å²) in [6.07, 6.45) is 12.7. The minimum Gasteiger partial charge on any atom is -0.393 e. The second-order valence-electron chi connectivity index (χ2n) is 9.00. The number of methoxy groups -OCH3 is 1. The van der Waals surface area contributed by atoms with Gasteiger partial charge in [0.25, 0.3) is 0 Å². The third kappa shape index (κ3) is 5.23. The lowest BCUT2D eigenvalue weighted by Gasteiger charge is -2.37. The molecule has 22 heavy (non-hydrogen) atoms. The van der Waals surface area contributed by atoms with E-state index in [4.69, 9.17) is 4.74 Å². The number of aliphatic hydroxyl groups is 1. The molecular formula is C20H38O2. The summed E-state index contributed by atoms with van der Waals surface area (Å²) in [5, 5.41) is 10.5. The molecular weight excluding hydrogens is 272 g/mol. The van der Waals surface area contributed by atoms with Gasteiger partial charge in [-0.1, -0.05) is 33.6 Å². The zero-order valence-electron chi connectivity index (χ0n) is 15.3. The van der Waals surface area contributed by atoms with Crippen LogP contribution in [0, 0.1) is 23.2 Å². The van der Waals surface area contributed by atoms with Crippen LogP contribution in [0.15, 0.2) is 0 Å². The van der Waals surface area contributed by atoms with Gasteiger partial charge in [-0.2, -0.15) is 0 Å². The Hall–Kier alpha value is -0.0800. The summed E-state index contributed by atoms with van der Waals surface area (Å²) in [4.78, 5) is 0. The van der Waals surface area contributed by atoms with Gasteiger partial charge in [0.15, 0.2) is 0 Å². The Balaban J connectivity index is 1.64. The van der Waals surface area contributed by atoms with Crippen molar-refractivity contribution in [1.82, 2.24) is 0 Å². The molecule has 0 aliphatic heterocycles. The molecule has 0 spiro atoms. The Labute approximate surface area is 138 Å². The zero-order chi connectivity index (χ0) is 16.2. The van der Waals surface area contributed by atoms with Gasteiger partial charge in [-0.3, -0.25) is 0 Å². The number of aliphatic hydroxyl groups excluding tert-OH is 1. The van der Waals surface area contributed by atoms with Gasteiger partial charge in [0.2, 0.25) is 0 Å². The number of ether oxygens (including phenoxy) is 1. The van der Waals surface area contributed by atoms with Crippen molar-refractivity contribution in [3.05, 3.63) is 0 Å². The summed E-state index contributed by atoms with van der Waals surface area (Å²) >= 11 is 0. The second-order valence-corrected chi connectivity index (χ2v) is 9.00. The van der Waals surface area contributed by atoms with Crippen LogP contribution in [0.3, 0.4) is 0 Å². The Morgan fingerprint density at radius 2 is 1.55 bits per heavy atom. The van der Waals surface area contributed by atoms with Crippen LogP contribution in [0.1, 0.15) is 85.0 Å². The number of hydrogen-bond acceptors (Lipinski definition) is 2. The van der Waals surface area contributed by atoms with E-state index >= 15 is 0 Å². The van der Waals surface area contributed by atoms with E-state index in [9.17, 15) is 5.11 Å². The molecule has 0 aromatic heterocycles. The molecule has 130 valence electrons. The highest BCUT2D eigenvalue weighted by molar-refractivity contribution is 4.82. The lowest BCUT2D eigenvalue weighted by molar-refractivity contribution is 0.0131. The standard InChI is InChI=1S/C20H38O2/c1-20(2,3)17-10-5-15(6-11-17)7-14-19(21)16-8-12-18(22-4)13-9-16/h15-19,21H,5-14H2,1-4H3. The van der Waals surface area contributed by atoms with Crippen LogP contribution in [0.25, 0.3) is 0 Å². The first kappa shape index (κ1) is 18.3. The van der Waals surface area contributed by atoms with Crippen molar-refractivity contribution in [2.24, 2.45) is 23.2 Å². The first-order valence-electron chi connectivity index (χ1n) is 9.61. The van der Waals surface area contributed by atoms with Crippen LogP contribution in [-0.2, 0) is 4.74 Å². The van der Waals surface area contributed by atoms with Crippen molar-refractivity contribution in [2.75, 3.05) is 7.11 Å². The Morgan fingerprint density at radius 3 is 2.05 bits per heavy atom. The van der Waals surface area contributed by atoms with Gasteiger partial charge in [-0.25, -0.2) is 0 Å². The van der Waals surface area contributed by atoms with E-state index in [1.165, 1.54) is 32.1 Å². The lowest BCUT2D eigenvalue weighted by Crippen LogP contribution is -2.29. The maximum absolute atomic E-state index is 10.5. The molecule has 0 amide bonds. The van der Waals surface area contributed by atoms with Crippen LogP contribution >= 0.6 is 0 Å². The SMILES string of the molecule is COC1CCC(C(O)CCC2CCC(C(C)(C)C)CC2)CC1. The molecule has 1 N–H and O–H groups in total. The molecule has 2 fully saturated rings. The van der Waals surface area contributed by atoms with Crippen molar-refractivity contribution in [1.29, 1.82) is 0 Å². The smallest absolute Gasteiger partial charge is 0.0571 e. The molecule has 0 radical (unpaired) electrons. The van der Waals surface area contributed by atoms with E-state index in [-0.39, 0.29) is 6.10 Å². The van der Waals surface area contributed by atoms with Crippen molar-refractivity contribution in [3.63, 3.8) is 0 Å². The van der Waals surface area contributed by atoms with Crippen molar-refractivity contribution >= 4 is 0 Å². The fourth-order valence-corrected chi connectivity index (χ4v) is 4.67. The predicted molar refractivity (Wildman–Crippen MR) is 92.9 cm³/mol. The fourth-order valence-electron chi connectivity index (χ4n) is 4.67. The van der Waals surface area contributed by atoms with Gasteiger partial charge in [0, 0.05) is 7.11 Å². The fraction of sp³-hybridized carbons (Fsp3) is 1.00. The molecule has 2 saturated carbocycles. The highest BCUT2D eigenvalue weighted by Gasteiger charge is 2.31. The Kier molecular flexibility index (Phi) is 6.76. The predicted octanol–water partition coefficient (Wildman–Crippen LogP) is 5.19. The monoisotopic (exact) mass is 310 g/mol. The van der Waals surface area contributed by atoms with E-state index < -0.39 is 0 Å². The minimum absolute atomic E-state index is 0.0712. The summed E-state index contributed by atoms with van der Waals surface area (Å²) in [6, 6.07) is 0. The molecule has 0 saturated heterocycles. The maximum atomic E-state index is 10.5. The molecule has 2 aliphatic carbocycles. The summed E-state index contributed by atoms with van der Waals surface area (Å²) < 4.78 is 5.43. The molecule has 0 aromatic carbocycles. The van der Waals surface area contributed by atoms with E-state index in [1.54, 1.807) is 0 Å². The minimum atomic E-state index is -0.0712. The van der Waals surface area contributed by atoms with Gasteiger partial charge >= 0.3 is 0 Å². The third-order valence-corrected chi connectivity index (χ3v) is 6.54. The molecule has 0 heterocycles. The van der Waals surface area contributed by atoms with E-state index in [2.05, 4.69) is 20.8 Å². The van der Waals surface area contributed by atoms with Crippen molar-refractivity contribution in [2.45, 2.75) is 97.2 Å². The van der Waals surface area contributed by atoms with Crippen LogP contribution in [0.5, 0.6) is 0 Å². The average molecular weight is 311 g/mol. The van der Waals surface area contributed by atoms with Gasteiger partial charge in [-0.05, 0) is 74.5 Å². The highest BCUT2D eigenvalue weighted by atomic mass is 16.5. The maximum Gasteiger partial charge on any atom is 0.0571 e. The van der Waals surface area contributed by atoms with Crippen LogP contribution in [0.4, 0.5) is 0 Å².